The summed E-state index contributed by atoms with van der Waals surface area (Å²) in [5.74, 6) is 2.02. The van der Waals surface area contributed by atoms with E-state index in [1.54, 1.807) is 6.07 Å². The molecule has 1 amide bonds. The van der Waals surface area contributed by atoms with E-state index in [-0.39, 0.29) is 11.8 Å². The predicted molar refractivity (Wildman–Crippen MR) is 125 cm³/mol. The number of fused-ring (bicyclic) bond motifs is 1. The van der Waals surface area contributed by atoms with E-state index in [4.69, 9.17) is 4.74 Å². The molecule has 0 unspecified atom stereocenters. The van der Waals surface area contributed by atoms with Gasteiger partial charge in [0.25, 0.3) is 0 Å². The molecule has 4 heteroatoms. The third-order valence-corrected chi connectivity index (χ3v) is 6.86. The van der Waals surface area contributed by atoms with Crippen molar-refractivity contribution in [1.82, 2.24) is 4.90 Å². The van der Waals surface area contributed by atoms with E-state index in [1.165, 1.54) is 22.3 Å². The number of aryl methyl sites for hydroxylation is 1. The fraction of sp³-hybridized carbons (Fsp3) is 0.321. The number of hydrogen-bond donors (Lipinski definition) is 1. The van der Waals surface area contributed by atoms with Gasteiger partial charge in [-0.05, 0) is 71.7 Å². The number of carbonyl (C=O) groups is 1. The van der Waals surface area contributed by atoms with Crippen molar-refractivity contribution in [2.24, 2.45) is 0 Å². The zero-order chi connectivity index (χ0) is 21.9. The molecule has 1 aliphatic carbocycles. The molecule has 0 aromatic heterocycles. The van der Waals surface area contributed by atoms with Gasteiger partial charge in [0, 0.05) is 18.9 Å². The Bertz CT molecular complexity index is 1080. The van der Waals surface area contributed by atoms with Gasteiger partial charge in [-0.2, -0.15) is 0 Å². The molecule has 3 aromatic rings. The second-order valence-corrected chi connectivity index (χ2v) is 8.82. The van der Waals surface area contributed by atoms with Crippen molar-refractivity contribution in [2.75, 3.05) is 19.7 Å². The number of benzene rings is 3. The first-order valence-electron chi connectivity index (χ1n) is 11.6. The molecule has 1 aliphatic heterocycles. The van der Waals surface area contributed by atoms with E-state index in [2.05, 4.69) is 48.5 Å². The maximum atomic E-state index is 11.8. The maximum Gasteiger partial charge on any atom is 0.222 e. The van der Waals surface area contributed by atoms with Crippen LogP contribution in [0.3, 0.4) is 0 Å². The maximum absolute atomic E-state index is 11.8. The predicted octanol–water partition coefficient (Wildman–Crippen LogP) is 5.26. The van der Waals surface area contributed by atoms with Gasteiger partial charge in [-0.15, -0.1) is 0 Å². The number of nitrogens with zero attached hydrogens (tertiary/aromatic N) is 1. The minimum atomic E-state index is 0.234. The van der Waals surface area contributed by atoms with E-state index < -0.39 is 0 Å². The highest BCUT2D eigenvalue weighted by molar-refractivity contribution is 5.78. The quantitative estimate of drug-likeness (QED) is 0.584. The lowest BCUT2D eigenvalue weighted by Crippen LogP contribution is -2.29. The van der Waals surface area contributed by atoms with Crippen molar-refractivity contribution in [3.8, 4) is 11.5 Å². The first kappa shape index (κ1) is 20.6. The summed E-state index contributed by atoms with van der Waals surface area (Å²) >= 11 is 0. The zero-order valence-electron chi connectivity index (χ0n) is 18.2. The zero-order valence-corrected chi connectivity index (χ0v) is 18.2. The molecule has 1 N–H and O–H groups in total. The van der Waals surface area contributed by atoms with Crippen LogP contribution in [0.4, 0.5) is 0 Å². The largest absolute Gasteiger partial charge is 0.508 e. The summed E-state index contributed by atoms with van der Waals surface area (Å²) in [6.07, 6.45) is 3.64. The first-order valence-corrected chi connectivity index (χ1v) is 11.6. The normalized spacial score (nSPS) is 20.2. The molecule has 1 saturated heterocycles. The second-order valence-electron chi connectivity index (χ2n) is 8.82. The monoisotopic (exact) mass is 427 g/mol. The number of likely N-dealkylation sites (tertiary alicyclic amines) is 1. The van der Waals surface area contributed by atoms with Gasteiger partial charge >= 0.3 is 0 Å². The van der Waals surface area contributed by atoms with Crippen LogP contribution in [0.25, 0.3) is 0 Å². The molecule has 0 spiro atoms. The standard InChI is InChI=1S/C28H29NO3/c30-23-11-15-26-22(19-23)10-14-25(20-5-2-1-3-6-20)28(26)21-8-12-24(13-9-21)32-18-17-29-16-4-7-27(29)31/h1-3,5-6,8-9,11-13,15,19,25,28,30H,4,7,10,14,16-18H2/t25-,28+/m1/s1. The van der Waals surface area contributed by atoms with Crippen LogP contribution in [0.1, 0.15) is 53.4 Å². The smallest absolute Gasteiger partial charge is 0.222 e. The van der Waals surface area contributed by atoms with Gasteiger partial charge in [-0.1, -0.05) is 48.5 Å². The Kier molecular flexibility index (Phi) is 5.85. The van der Waals surface area contributed by atoms with Gasteiger partial charge in [-0.25, -0.2) is 0 Å². The molecular formula is C28H29NO3. The minimum absolute atomic E-state index is 0.234. The molecule has 4 nitrogen and oxygen atoms in total. The second kappa shape index (κ2) is 9.07. The van der Waals surface area contributed by atoms with Gasteiger partial charge in [0.15, 0.2) is 0 Å². The lowest BCUT2D eigenvalue weighted by Gasteiger charge is -2.35. The van der Waals surface area contributed by atoms with Crippen molar-refractivity contribution in [1.29, 1.82) is 0 Å². The molecule has 32 heavy (non-hydrogen) atoms. The van der Waals surface area contributed by atoms with Gasteiger partial charge in [0.05, 0.1) is 6.54 Å². The number of phenols is 1. The topological polar surface area (TPSA) is 49.8 Å². The van der Waals surface area contributed by atoms with Crippen molar-refractivity contribution in [3.05, 3.63) is 95.1 Å². The van der Waals surface area contributed by atoms with Crippen LogP contribution in [-0.2, 0) is 11.2 Å². The summed E-state index contributed by atoms with van der Waals surface area (Å²) < 4.78 is 5.93. The van der Waals surface area contributed by atoms with E-state index in [0.717, 1.165) is 31.6 Å². The lowest BCUT2D eigenvalue weighted by atomic mass is 9.69. The highest BCUT2D eigenvalue weighted by Crippen LogP contribution is 2.47. The number of hydrogen-bond acceptors (Lipinski definition) is 3. The summed E-state index contributed by atoms with van der Waals surface area (Å²) in [6.45, 7) is 2.01. The Morgan fingerprint density at radius 3 is 2.50 bits per heavy atom. The Balaban J connectivity index is 1.37. The summed E-state index contributed by atoms with van der Waals surface area (Å²) in [5.41, 5.74) is 5.14. The molecule has 0 radical (unpaired) electrons. The number of amides is 1. The van der Waals surface area contributed by atoms with Crippen LogP contribution in [0.15, 0.2) is 72.8 Å². The lowest BCUT2D eigenvalue weighted by molar-refractivity contribution is -0.128. The van der Waals surface area contributed by atoms with E-state index in [9.17, 15) is 9.90 Å². The Labute approximate surface area is 189 Å². The van der Waals surface area contributed by atoms with Gasteiger partial charge in [-0.3, -0.25) is 4.79 Å². The molecule has 5 rings (SSSR count). The fourth-order valence-corrected chi connectivity index (χ4v) is 5.26. The average molecular weight is 428 g/mol. The fourth-order valence-electron chi connectivity index (χ4n) is 5.26. The van der Waals surface area contributed by atoms with Crippen molar-refractivity contribution >= 4 is 5.91 Å². The molecule has 1 fully saturated rings. The van der Waals surface area contributed by atoms with E-state index in [1.807, 2.05) is 23.1 Å². The molecule has 3 aromatic carbocycles. The summed E-state index contributed by atoms with van der Waals surface area (Å²) in [4.78, 5) is 13.6. The highest BCUT2D eigenvalue weighted by atomic mass is 16.5. The van der Waals surface area contributed by atoms with Crippen LogP contribution in [0.5, 0.6) is 11.5 Å². The van der Waals surface area contributed by atoms with Crippen LogP contribution in [0, 0.1) is 0 Å². The molecule has 2 aliphatic rings. The van der Waals surface area contributed by atoms with E-state index in [0.29, 0.717) is 31.2 Å². The molecule has 164 valence electrons. The number of phenolic OH excluding ortho intramolecular Hbond substituents is 1. The summed E-state index contributed by atoms with van der Waals surface area (Å²) in [7, 11) is 0. The minimum Gasteiger partial charge on any atom is -0.508 e. The number of ether oxygens (including phenoxy) is 1. The summed E-state index contributed by atoms with van der Waals surface area (Å²) in [5, 5.41) is 10.0. The van der Waals surface area contributed by atoms with Gasteiger partial charge in [0.2, 0.25) is 5.91 Å². The molecular weight excluding hydrogens is 398 g/mol. The third kappa shape index (κ3) is 4.22. The Morgan fingerprint density at radius 2 is 1.75 bits per heavy atom. The third-order valence-electron chi connectivity index (χ3n) is 6.86. The average Bonchev–Trinajstić information content (AvgIpc) is 3.24. The van der Waals surface area contributed by atoms with Crippen molar-refractivity contribution in [3.63, 3.8) is 0 Å². The van der Waals surface area contributed by atoms with Gasteiger partial charge < -0.3 is 14.7 Å². The molecule has 2 atom stereocenters. The first-order chi connectivity index (χ1) is 15.7. The van der Waals surface area contributed by atoms with Crippen LogP contribution >= 0.6 is 0 Å². The number of rotatable bonds is 6. The van der Waals surface area contributed by atoms with Crippen LogP contribution in [0.2, 0.25) is 0 Å². The molecule has 0 saturated carbocycles. The van der Waals surface area contributed by atoms with E-state index >= 15 is 0 Å². The molecule has 1 heterocycles. The number of aromatic hydroxyl groups is 1. The SMILES string of the molecule is O=C1CCCN1CCOc1ccc([C@@H]2c3ccc(O)cc3CC[C@@H]2c2ccccc2)cc1. The highest BCUT2D eigenvalue weighted by Gasteiger charge is 2.32. The van der Waals surface area contributed by atoms with Crippen molar-refractivity contribution in [2.45, 2.75) is 37.5 Å². The summed E-state index contributed by atoms with van der Waals surface area (Å²) in [6, 6.07) is 24.9. The van der Waals surface area contributed by atoms with Crippen LogP contribution in [-0.4, -0.2) is 35.6 Å². The van der Waals surface area contributed by atoms with Crippen molar-refractivity contribution < 1.29 is 14.6 Å². The van der Waals surface area contributed by atoms with Gasteiger partial charge in [0.1, 0.15) is 18.1 Å². The number of carbonyl (C=O) groups excluding carboxylic acids is 1. The Hall–Kier alpha value is -3.27. The Morgan fingerprint density at radius 1 is 0.938 bits per heavy atom. The van der Waals surface area contributed by atoms with Crippen LogP contribution < -0.4 is 4.74 Å². The molecule has 0 bridgehead atoms.